The van der Waals surface area contributed by atoms with Gasteiger partial charge in [-0.05, 0) is 52.0 Å². The number of nitrogens with one attached hydrogen (secondary N) is 1. The number of hydrogen-bond acceptors (Lipinski definition) is 3. The van der Waals surface area contributed by atoms with E-state index in [9.17, 15) is 9.18 Å². The Morgan fingerprint density at radius 2 is 1.81 bits per heavy atom. The number of rotatable bonds is 9. The number of hydrogen-bond donors (Lipinski definition) is 1. The molecule has 0 aliphatic heterocycles. The lowest BCUT2D eigenvalue weighted by atomic mass is 10.1. The number of amides is 1. The van der Waals surface area contributed by atoms with Crippen molar-refractivity contribution in [1.29, 1.82) is 0 Å². The highest BCUT2D eigenvalue weighted by Crippen LogP contribution is 2.25. The van der Waals surface area contributed by atoms with Crippen LogP contribution in [0.4, 0.5) is 4.39 Å². The summed E-state index contributed by atoms with van der Waals surface area (Å²) in [5.74, 6) is 0.861. The fraction of sp³-hybridized carbons (Fsp3) is 0.476. The van der Waals surface area contributed by atoms with Crippen molar-refractivity contribution < 1.29 is 13.6 Å². The lowest BCUT2D eigenvalue weighted by Gasteiger charge is -2.30. The summed E-state index contributed by atoms with van der Waals surface area (Å²) in [4.78, 5) is 14.4. The molecule has 1 N–H and O–H groups in total. The monoisotopic (exact) mass is 360 g/mol. The van der Waals surface area contributed by atoms with Gasteiger partial charge >= 0.3 is 0 Å². The quantitative estimate of drug-likeness (QED) is 0.727. The molecule has 0 spiro atoms. The molecule has 0 bridgehead atoms. The number of nitrogens with zero attached hydrogens (tertiary/aromatic N) is 1. The highest BCUT2D eigenvalue weighted by Gasteiger charge is 2.14. The van der Waals surface area contributed by atoms with Gasteiger partial charge in [-0.2, -0.15) is 0 Å². The normalized spacial score (nSPS) is 11.5. The fourth-order valence-corrected chi connectivity index (χ4v) is 3.08. The molecule has 5 heteroatoms. The summed E-state index contributed by atoms with van der Waals surface area (Å²) in [6.07, 6.45) is 0.853. The van der Waals surface area contributed by atoms with Gasteiger partial charge in [-0.25, -0.2) is 4.39 Å². The molecule has 0 unspecified atom stereocenters. The van der Waals surface area contributed by atoms with Gasteiger partial charge in [-0.15, -0.1) is 0 Å². The first-order valence-corrected chi connectivity index (χ1v) is 9.24. The van der Waals surface area contributed by atoms with E-state index in [0.29, 0.717) is 48.6 Å². The maximum atomic E-state index is 13.8. The average molecular weight is 360 g/mol. The molecule has 0 saturated heterocycles. The summed E-state index contributed by atoms with van der Waals surface area (Å²) < 4.78 is 19.5. The number of aryl methyl sites for hydroxylation is 1. The zero-order valence-corrected chi connectivity index (χ0v) is 16.1. The molecule has 0 fully saturated rings. The Bertz CT molecular complexity index is 702. The minimum absolute atomic E-state index is 0.00121. The summed E-state index contributed by atoms with van der Waals surface area (Å²) in [6, 6.07) is 10.9. The Balaban J connectivity index is 1.79. The second-order valence-electron chi connectivity index (χ2n) is 7.02. The Kier molecular flexibility index (Phi) is 7.39. The lowest BCUT2D eigenvalue weighted by Crippen LogP contribution is -2.42. The van der Waals surface area contributed by atoms with Gasteiger partial charge in [0.2, 0.25) is 5.91 Å². The predicted octanol–water partition coefficient (Wildman–Crippen LogP) is 4.25. The largest absolute Gasteiger partial charge is 0.461 e. The minimum atomic E-state index is -0.314. The van der Waals surface area contributed by atoms with Crippen LogP contribution in [0, 0.1) is 5.82 Å². The standard InChI is InChI=1S/C21H29FN2O2/c1-15(2)24(16(3)4)14-13-23-21(25)12-10-17-9-11-20(26-17)18-7-5-6-8-19(18)22/h5-9,11,15-16H,10,12-14H2,1-4H3,(H,23,25). The van der Waals surface area contributed by atoms with Crippen LogP contribution in [-0.2, 0) is 11.2 Å². The van der Waals surface area contributed by atoms with Gasteiger partial charge in [0.05, 0.1) is 5.56 Å². The van der Waals surface area contributed by atoms with Crippen LogP contribution in [0.25, 0.3) is 11.3 Å². The van der Waals surface area contributed by atoms with E-state index < -0.39 is 0 Å². The average Bonchev–Trinajstić information content (AvgIpc) is 3.05. The number of furan rings is 1. The van der Waals surface area contributed by atoms with Crippen molar-refractivity contribution in [3.05, 3.63) is 48.0 Å². The van der Waals surface area contributed by atoms with Gasteiger partial charge in [0.25, 0.3) is 0 Å². The van der Waals surface area contributed by atoms with Crippen LogP contribution < -0.4 is 5.32 Å². The molecule has 0 radical (unpaired) electrons. The molecular formula is C21H29FN2O2. The van der Waals surface area contributed by atoms with Gasteiger partial charge in [0.15, 0.2) is 0 Å². The molecule has 0 atom stereocenters. The molecular weight excluding hydrogens is 331 g/mol. The predicted molar refractivity (Wildman–Crippen MR) is 102 cm³/mol. The smallest absolute Gasteiger partial charge is 0.220 e. The number of carbonyl (C=O) groups is 1. The van der Waals surface area contributed by atoms with Gasteiger partial charge < -0.3 is 9.73 Å². The molecule has 2 rings (SSSR count). The maximum Gasteiger partial charge on any atom is 0.220 e. The Morgan fingerprint density at radius 1 is 1.12 bits per heavy atom. The number of benzene rings is 1. The fourth-order valence-electron chi connectivity index (χ4n) is 3.08. The van der Waals surface area contributed by atoms with Gasteiger partial charge in [-0.1, -0.05) is 12.1 Å². The van der Waals surface area contributed by atoms with Crippen LogP contribution in [0.3, 0.4) is 0 Å². The van der Waals surface area contributed by atoms with Gasteiger partial charge in [0, 0.05) is 38.0 Å². The van der Waals surface area contributed by atoms with E-state index >= 15 is 0 Å². The van der Waals surface area contributed by atoms with Crippen LogP contribution in [0.1, 0.15) is 39.9 Å². The molecule has 142 valence electrons. The molecule has 0 saturated carbocycles. The number of halogens is 1. The third-order valence-corrected chi connectivity index (χ3v) is 4.42. The molecule has 1 heterocycles. The third-order valence-electron chi connectivity index (χ3n) is 4.42. The van der Waals surface area contributed by atoms with Crippen molar-refractivity contribution in [2.75, 3.05) is 13.1 Å². The van der Waals surface area contributed by atoms with Crippen molar-refractivity contribution in [2.24, 2.45) is 0 Å². The van der Waals surface area contributed by atoms with E-state index in [2.05, 4.69) is 37.9 Å². The summed E-state index contributed by atoms with van der Waals surface area (Å²) in [5.41, 5.74) is 0.436. The van der Waals surface area contributed by atoms with Crippen molar-refractivity contribution >= 4 is 5.91 Å². The third kappa shape index (κ3) is 5.70. The van der Waals surface area contributed by atoms with Gasteiger partial charge in [-0.3, -0.25) is 9.69 Å². The van der Waals surface area contributed by atoms with Crippen molar-refractivity contribution in [3.8, 4) is 11.3 Å². The van der Waals surface area contributed by atoms with Crippen LogP contribution in [-0.4, -0.2) is 36.0 Å². The van der Waals surface area contributed by atoms with E-state index in [1.165, 1.54) is 6.07 Å². The van der Waals surface area contributed by atoms with Crippen LogP contribution in [0.5, 0.6) is 0 Å². The molecule has 26 heavy (non-hydrogen) atoms. The van der Waals surface area contributed by atoms with Crippen molar-refractivity contribution in [2.45, 2.75) is 52.6 Å². The molecule has 0 aliphatic rings. The second-order valence-corrected chi connectivity index (χ2v) is 7.02. The van der Waals surface area contributed by atoms with E-state index in [1.807, 2.05) is 0 Å². The highest BCUT2D eigenvalue weighted by molar-refractivity contribution is 5.76. The molecule has 1 aromatic heterocycles. The summed E-state index contributed by atoms with van der Waals surface area (Å²) >= 11 is 0. The van der Waals surface area contributed by atoms with Crippen molar-refractivity contribution in [3.63, 3.8) is 0 Å². The van der Waals surface area contributed by atoms with E-state index in [4.69, 9.17) is 4.42 Å². The summed E-state index contributed by atoms with van der Waals surface area (Å²) in [5, 5.41) is 2.96. The van der Waals surface area contributed by atoms with E-state index in [1.54, 1.807) is 30.3 Å². The minimum Gasteiger partial charge on any atom is -0.461 e. The van der Waals surface area contributed by atoms with E-state index in [0.717, 1.165) is 6.54 Å². The summed E-state index contributed by atoms with van der Waals surface area (Å²) in [6.45, 7) is 10.1. The van der Waals surface area contributed by atoms with Crippen LogP contribution in [0.15, 0.2) is 40.8 Å². The van der Waals surface area contributed by atoms with Crippen molar-refractivity contribution in [1.82, 2.24) is 10.2 Å². The summed E-state index contributed by atoms with van der Waals surface area (Å²) in [7, 11) is 0. The SMILES string of the molecule is CC(C)N(CCNC(=O)CCc1ccc(-c2ccccc2F)o1)C(C)C. The Hall–Kier alpha value is -2.14. The Labute approximate surface area is 155 Å². The Morgan fingerprint density at radius 3 is 2.46 bits per heavy atom. The lowest BCUT2D eigenvalue weighted by molar-refractivity contribution is -0.121. The zero-order chi connectivity index (χ0) is 19.1. The van der Waals surface area contributed by atoms with E-state index in [-0.39, 0.29) is 11.7 Å². The molecule has 1 aromatic carbocycles. The second kappa shape index (κ2) is 9.53. The molecule has 0 aliphatic carbocycles. The first kappa shape index (κ1) is 20.2. The highest BCUT2D eigenvalue weighted by atomic mass is 19.1. The maximum absolute atomic E-state index is 13.8. The first-order chi connectivity index (χ1) is 12.4. The molecule has 4 nitrogen and oxygen atoms in total. The molecule has 2 aromatic rings. The van der Waals surface area contributed by atoms with Crippen LogP contribution in [0.2, 0.25) is 0 Å². The molecule has 1 amide bonds. The zero-order valence-electron chi connectivity index (χ0n) is 16.1. The topological polar surface area (TPSA) is 45.5 Å². The van der Waals surface area contributed by atoms with Gasteiger partial charge in [0.1, 0.15) is 17.3 Å². The number of carbonyl (C=O) groups excluding carboxylic acids is 1. The van der Waals surface area contributed by atoms with Crippen LogP contribution >= 0.6 is 0 Å². The first-order valence-electron chi connectivity index (χ1n) is 9.24.